The Bertz CT molecular complexity index is 187. The van der Waals surface area contributed by atoms with Gasteiger partial charge >= 0.3 is 5.97 Å². The molecule has 1 atom stereocenters. The standard InChI is InChI=1S/C4H8O2.C4H10O.C3H8O2.C2H4O2/c1-3-6-4(2)5;1-3-5-4-2;1-3(5)2-4;1-2(3)4/h3H2,1-2H3;3-4H2,1-2H3;3-5H,2H2,1H3;1H3,(H,3,4). The molecule has 0 rings (SSSR count). The largest absolute Gasteiger partial charge is 0.481 e. The summed E-state index contributed by atoms with van der Waals surface area (Å²) in [5.41, 5.74) is 0. The maximum absolute atomic E-state index is 9.82. The minimum Gasteiger partial charge on any atom is -0.481 e. The number of rotatable bonds is 4. The van der Waals surface area contributed by atoms with E-state index < -0.39 is 12.1 Å². The predicted octanol–water partition coefficient (Wildman–Crippen LogP) is 1.06. The van der Waals surface area contributed by atoms with Gasteiger partial charge in [-0.05, 0) is 27.7 Å². The lowest BCUT2D eigenvalue weighted by Gasteiger charge is -1.90. The van der Waals surface area contributed by atoms with Crippen LogP contribution in [-0.2, 0) is 19.1 Å². The Kier molecular flexibility index (Phi) is 35.9. The SMILES string of the molecule is CC(=O)O.CC(O)CO.CCOC(C)=O.CCOCC. The molecule has 0 aromatic heterocycles. The highest BCUT2D eigenvalue weighted by Crippen LogP contribution is 1.69. The van der Waals surface area contributed by atoms with E-state index in [2.05, 4.69) is 4.74 Å². The van der Waals surface area contributed by atoms with Crippen molar-refractivity contribution in [1.29, 1.82) is 0 Å². The molecule has 0 aliphatic carbocycles. The first kappa shape index (κ1) is 27.2. The molecular formula is C13H30O7. The number of esters is 1. The highest BCUT2D eigenvalue weighted by atomic mass is 16.5. The lowest BCUT2D eigenvalue weighted by atomic mass is 10.5. The Labute approximate surface area is 121 Å². The van der Waals surface area contributed by atoms with E-state index >= 15 is 0 Å². The van der Waals surface area contributed by atoms with Crippen molar-refractivity contribution in [2.45, 2.75) is 47.6 Å². The zero-order chi connectivity index (χ0) is 17.0. The second-order valence-corrected chi connectivity index (χ2v) is 3.26. The molecular weight excluding hydrogens is 268 g/mol. The second-order valence-electron chi connectivity index (χ2n) is 3.26. The normalized spacial score (nSPS) is 9.40. The summed E-state index contributed by atoms with van der Waals surface area (Å²) in [4.78, 5) is 18.8. The number of carboxylic acid groups (broad SMARTS) is 1. The fraction of sp³-hybridized carbons (Fsp3) is 0.846. The summed E-state index contributed by atoms with van der Waals surface area (Å²) in [5, 5.41) is 23.4. The van der Waals surface area contributed by atoms with Crippen LogP contribution >= 0.6 is 0 Å². The van der Waals surface area contributed by atoms with E-state index in [4.69, 9.17) is 24.9 Å². The van der Waals surface area contributed by atoms with Crippen LogP contribution in [0.25, 0.3) is 0 Å². The number of aliphatic hydroxyl groups excluding tert-OH is 2. The second kappa shape index (κ2) is 26.4. The highest BCUT2D eigenvalue weighted by molar-refractivity contribution is 5.65. The number of carbonyl (C=O) groups is 2. The summed E-state index contributed by atoms with van der Waals surface area (Å²) in [6.45, 7) is 11.8. The third-order valence-electron chi connectivity index (χ3n) is 1.02. The molecule has 0 aliphatic rings. The van der Waals surface area contributed by atoms with Crippen molar-refractivity contribution in [1.82, 2.24) is 0 Å². The monoisotopic (exact) mass is 298 g/mol. The molecule has 0 spiro atoms. The van der Waals surface area contributed by atoms with Gasteiger partial charge in [0.25, 0.3) is 5.97 Å². The van der Waals surface area contributed by atoms with E-state index in [9.17, 15) is 4.79 Å². The van der Waals surface area contributed by atoms with Crippen LogP contribution in [0.4, 0.5) is 0 Å². The molecule has 7 nitrogen and oxygen atoms in total. The van der Waals surface area contributed by atoms with Crippen molar-refractivity contribution < 1.29 is 34.4 Å². The molecule has 0 saturated heterocycles. The molecule has 0 aromatic carbocycles. The Morgan fingerprint density at radius 2 is 1.35 bits per heavy atom. The maximum atomic E-state index is 9.82. The van der Waals surface area contributed by atoms with Gasteiger partial charge in [-0.2, -0.15) is 0 Å². The first-order valence-corrected chi connectivity index (χ1v) is 6.38. The molecule has 7 heteroatoms. The molecule has 124 valence electrons. The topological polar surface area (TPSA) is 113 Å². The van der Waals surface area contributed by atoms with E-state index in [0.29, 0.717) is 6.61 Å². The Morgan fingerprint density at radius 1 is 1.05 bits per heavy atom. The van der Waals surface area contributed by atoms with E-state index in [1.807, 2.05) is 13.8 Å². The van der Waals surface area contributed by atoms with Crippen LogP contribution < -0.4 is 0 Å². The molecule has 0 fully saturated rings. The summed E-state index contributed by atoms with van der Waals surface area (Å²) in [7, 11) is 0. The van der Waals surface area contributed by atoms with Gasteiger partial charge in [-0.15, -0.1) is 0 Å². The zero-order valence-electron chi connectivity index (χ0n) is 13.4. The van der Waals surface area contributed by atoms with E-state index in [1.54, 1.807) is 6.92 Å². The number of hydrogen-bond donors (Lipinski definition) is 3. The lowest BCUT2D eigenvalue weighted by Crippen LogP contribution is -2.03. The van der Waals surface area contributed by atoms with Crippen molar-refractivity contribution in [3.05, 3.63) is 0 Å². The Hall–Kier alpha value is -1.18. The van der Waals surface area contributed by atoms with Crippen LogP contribution in [0.15, 0.2) is 0 Å². The van der Waals surface area contributed by atoms with Crippen LogP contribution in [0.2, 0.25) is 0 Å². The summed E-state index contributed by atoms with van der Waals surface area (Å²) < 4.78 is 9.24. The van der Waals surface area contributed by atoms with Gasteiger partial charge < -0.3 is 24.8 Å². The van der Waals surface area contributed by atoms with Gasteiger partial charge in [-0.25, -0.2) is 0 Å². The van der Waals surface area contributed by atoms with Crippen molar-refractivity contribution in [2.75, 3.05) is 26.4 Å². The van der Waals surface area contributed by atoms with Gasteiger partial charge in [0.05, 0.1) is 19.3 Å². The van der Waals surface area contributed by atoms with Crippen molar-refractivity contribution in [2.24, 2.45) is 0 Å². The molecule has 1 unspecified atom stereocenters. The van der Waals surface area contributed by atoms with Crippen molar-refractivity contribution in [3.8, 4) is 0 Å². The average molecular weight is 298 g/mol. The number of hydrogen-bond acceptors (Lipinski definition) is 6. The lowest BCUT2D eigenvalue weighted by molar-refractivity contribution is -0.140. The number of carboxylic acids is 1. The number of aliphatic hydroxyl groups is 2. The average Bonchev–Trinajstić information content (AvgIpc) is 2.30. The molecule has 0 radical (unpaired) electrons. The molecule has 20 heavy (non-hydrogen) atoms. The van der Waals surface area contributed by atoms with Gasteiger partial charge in [0.15, 0.2) is 0 Å². The summed E-state index contributed by atoms with van der Waals surface area (Å²) in [6.07, 6.45) is -0.560. The minimum atomic E-state index is -0.833. The first-order valence-electron chi connectivity index (χ1n) is 6.38. The summed E-state index contributed by atoms with van der Waals surface area (Å²) in [5.74, 6) is -1.04. The zero-order valence-corrected chi connectivity index (χ0v) is 13.4. The number of aliphatic carboxylic acids is 1. The molecule has 0 amide bonds. The van der Waals surface area contributed by atoms with Crippen molar-refractivity contribution in [3.63, 3.8) is 0 Å². The molecule has 0 aliphatic heterocycles. The first-order chi connectivity index (χ1) is 9.19. The molecule has 3 N–H and O–H groups in total. The molecule has 0 bridgehead atoms. The van der Waals surface area contributed by atoms with Gasteiger partial charge in [-0.1, -0.05) is 0 Å². The number of carbonyl (C=O) groups excluding carboxylic acids is 1. The summed E-state index contributed by atoms with van der Waals surface area (Å²) >= 11 is 0. The van der Waals surface area contributed by atoms with E-state index in [0.717, 1.165) is 20.1 Å². The highest BCUT2D eigenvalue weighted by Gasteiger charge is 1.83. The van der Waals surface area contributed by atoms with E-state index in [-0.39, 0.29) is 12.6 Å². The summed E-state index contributed by atoms with van der Waals surface area (Å²) in [6, 6.07) is 0. The van der Waals surface area contributed by atoms with Crippen LogP contribution in [0.5, 0.6) is 0 Å². The molecule has 0 saturated carbocycles. The van der Waals surface area contributed by atoms with Gasteiger partial charge in [0, 0.05) is 27.1 Å². The fourth-order valence-electron chi connectivity index (χ4n) is 0.407. The maximum Gasteiger partial charge on any atom is 0.302 e. The third kappa shape index (κ3) is 124. The van der Waals surface area contributed by atoms with Crippen molar-refractivity contribution >= 4 is 11.9 Å². The Morgan fingerprint density at radius 3 is 1.35 bits per heavy atom. The van der Waals surface area contributed by atoms with Crippen LogP contribution in [0.1, 0.15) is 41.5 Å². The predicted molar refractivity (Wildman–Crippen MR) is 76.6 cm³/mol. The molecule has 0 aromatic rings. The third-order valence-corrected chi connectivity index (χ3v) is 1.02. The Balaban J connectivity index is -0.0000000862. The number of ether oxygens (including phenoxy) is 2. The van der Waals surface area contributed by atoms with Crippen LogP contribution in [0, 0.1) is 0 Å². The fourth-order valence-corrected chi connectivity index (χ4v) is 0.407. The minimum absolute atomic E-state index is 0.139. The smallest absolute Gasteiger partial charge is 0.302 e. The van der Waals surface area contributed by atoms with Gasteiger partial charge in [-0.3, -0.25) is 9.59 Å². The van der Waals surface area contributed by atoms with Gasteiger partial charge in [0.1, 0.15) is 0 Å². The van der Waals surface area contributed by atoms with Crippen LogP contribution in [-0.4, -0.2) is 59.8 Å². The van der Waals surface area contributed by atoms with Crippen LogP contribution in [0.3, 0.4) is 0 Å². The van der Waals surface area contributed by atoms with E-state index in [1.165, 1.54) is 13.8 Å². The van der Waals surface area contributed by atoms with Gasteiger partial charge in [0.2, 0.25) is 0 Å². The quantitative estimate of drug-likeness (QED) is 0.665. The molecule has 0 heterocycles.